The molecule has 0 saturated carbocycles. The summed E-state index contributed by atoms with van der Waals surface area (Å²) in [4.78, 5) is 24.6. The van der Waals surface area contributed by atoms with Crippen molar-refractivity contribution in [1.82, 2.24) is 5.32 Å². The number of anilines is 1. The molecule has 2 rings (SSSR count). The highest BCUT2D eigenvalue weighted by Crippen LogP contribution is 2.25. The molecule has 1 unspecified atom stereocenters. The number of ether oxygens (including phenoxy) is 1. The number of carbonyl (C=O) groups is 2. The highest BCUT2D eigenvalue weighted by molar-refractivity contribution is 5.98. The van der Waals surface area contributed by atoms with E-state index in [4.69, 9.17) is 4.74 Å². The van der Waals surface area contributed by atoms with Gasteiger partial charge < -0.3 is 15.4 Å². The van der Waals surface area contributed by atoms with Gasteiger partial charge in [-0.15, -0.1) is 0 Å². The summed E-state index contributed by atoms with van der Waals surface area (Å²) >= 11 is 0. The Labute approximate surface area is 167 Å². The fourth-order valence-corrected chi connectivity index (χ4v) is 2.69. The first kappa shape index (κ1) is 21.5. The van der Waals surface area contributed by atoms with Crippen LogP contribution in [-0.4, -0.2) is 24.5 Å². The first-order valence-electron chi connectivity index (χ1n) is 9.58. The van der Waals surface area contributed by atoms with Gasteiger partial charge in [0.1, 0.15) is 5.75 Å². The van der Waals surface area contributed by atoms with Gasteiger partial charge in [-0.2, -0.15) is 0 Å². The van der Waals surface area contributed by atoms with Crippen molar-refractivity contribution in [2.75, 3.05) is 11.9 Å². The van der Waals surface area contributed by atoms with Gasteiger partial charge in [-0.1, -0.05) is 39.0 Å². The van der Waals surface area contributed by atoms with Gasteiger partial charge in [-0.05, 0) is 61.6 Å². The van der Waals surface area contributed by atoms with Crippen LogP contribution in [0.4, 0.5) is 5.69 Å². The molecule has 2 amide bonds. The second-order valence-electron chi connectivity index (χ2n) is 7.91. The first-order valence-corrected chi connectivity index (χ1v) is 9.58. The first-order chi connectivity index (χ1) is 13.1. The smallest absolute Gasteiger partial charge is 0.265 e. The number of hydrogen-bond donors (Lipinski definition) is 2. The molecule has 2 aromatic carbocycles. The Balaban J connectivity index is 2.06. The highest BCUT2D eigenvalue weighted by atomic mass is 16.5. The average Bonchev–Trinajstić information content (AvgIpc) is 2.63. The maximum atomic E-state index is 12.6. The summed E-state index contributed by atoms with van der Waals surface area (Å²) < 4.78 is 5.78. The number of carbonyl (C=O) groups excluding carboxylic acids is 2. The zero-order valence-electron chi connectivity index (χ0n) is 17.6. The van der Waals surface area contributed by atoms with Crippen molar-refractivity contribution in [3.8, 4) is 5.75 Å². The molecule has 150 valence electrons. The predicted octanol–water partition coefficient (Wildman–Crippen LogP) is 4.45. The fraction of sp³-hybridized carbons (Fsp3) is 0.391. The molecule has 0 bridgehead atoms. The van der Waals surface area contributed by atoms with Crippen molar-refractivity contribution in [3.63, 3.8) is 0 Å². The largest absolute Gasteiger partial charge is 0.481 e. The number of rotatable bonds is 6. The minimum absolute atomic E-state index is 0.0636. The molecule has 0 radical (unpaired) electrons. The van der Waals surface area contributed by atoms with Crippen LogP contribution in [0.5, 0.6) is 5.75 Å². The van der Waals surface area contributed by atoms with E-state index in [2.05, 4.69) is 31.4 Å². The normalized spacial score (nSPS) is 12.2. The molecule has 5 nitrogen and oxygen atoms in total. The maximum Gasteiger partial charge on any atom is 0.265 e. The van der Waals surface area contributed by atoms with Gasteiger partial charge >= 0.3 is 0 Å². The van der Waals surface area contributed by atoms with Crippen LogP contribution < -0.4 is 15.4 Å². The van der Waals surface area contributed by atoms with Gasteiger partial charge in [0.2, 0.25) is 0 Å². The van der Waals surface area contributed by atoms with Crippen molar-refractivity contribution in [2.24, 2.45) is 0 Å². The molecule has 5 heteroatoms. The molecule has 0 heterocycles. The number of nitrogens with one attached hydrogen (secondary N) is 2. The molecular formula is C23H30N2O3. The zero-order chi connectivity index (χ0) is 20.9. The molecule has 0 spiro atoms. The van der Waals surface area contributed by atoms with E-state index in [1.807, 2.05) is 44.2 Å². The summed E-state index contributed by atoms with van der Waals surface area (Å²) in [6, 6.07) is 13.0. The summed E-state index contributed by atoms with van der Waals surface area (Å²) in [5.74, 6) is 0.209. The lowest BCUT2D eigenvalue weighted by Gasteiger charge is -2.20. The van der Waals surface area contributed by atoms with Gasteiger partial charge in [0.05, 0.1) is 0 Å². The second kappa shape index (κ2) is 8.91. The lowest BCUT2D eigenvalue weighted by molar-refractivity contribution is -0.122. The molecule has 1 atom stereocenters. The van der Waals surface area contributed by atoms with Gasteiger partial charge in [-0.3, -0.25) is 9.59 Å². The van der Waals surface area contributed by atoms with Gasteiger partial charge in [0.15, 0.2) is 6.10 Å². The molecule has 0 fully saturated rings. The van der Waals surface area contributed by atoms with Crippen LogP contribution in [-0.2, 0) is 10.2 Å². The van der Waals surface area contributed by atoms with E-state index in [0.29, 0.717) is 23.5 Å². The van der Waals surface area contributed by atoms with E-state index in [1.165, 1.54) is 5.56 Å². The Kier molecular flexibility index (Phi) is 6.84. The minimum atomic E-state index is -0.673. The number of hydrogen-bond acceptors (Lipinski definition) is 3. The van der Waals surface area contributed by atoms with E-state index in [-0.39, 0.29) is 17.2 Å². The third kappa shape index (κ3) is 5.59. The number of aryl methyl sites for hydroxylation is 1. The summed E-state index contributed by atoms with van der Waals surface area (Å²) in [6.45, 7) is 12.4. The Morgan fingerprint density at radius 3 is 2.29 bits per heavy atom. The standard InChI is InChI=1S/C23H30N2O3/c1-7-24-22(27)17-9-8-15(2)20(14-17)25-21(26)16(3)28-19-12-10-18(11-13-19)23(4,5)6/h8-14,16H,7H2,1-6H3,(H,24,27)(H,25,26). The van der Waals surface area contributed by atoms with Crippen LogP contribution in [0.3, 0.4) is 0 Å². The van der Waals surface area contributed by atoms with E-state index < -0.39 is 6.10 Å². The van der Waals surface area contributed by atoms with Crippen LogP contribution in [0.15, 0.2) is 42.5 Å². The number of amides is 2. The minimum Gasteiger partial charge on any atom is -0.481 e. The molecule has 0 aliphatic rings. The number of benzene rings is 2. The fourth-order valence-electron chi connectivity index (χ4n) is 2.69. The molecule has 2 aromatic rings. The summed E-state index contributed by atoms with van der Waals surface area (Å²) in [5, 5.41) is 5.62. The van der Waals surface area contributed by atoms with Gasteiger partial charge in [-0.25, -0.2) is 0 Å². The summed E-state index contributed by atoms with van der Waals surface area (Å²) in [6.07, 6.45) is -0.673. The van der Waals surface area contributed by atoms with Crippen LogP contribution in [0.1, 0.15) is 56.1 Å². The molecule has 2 N–H and O–H groups in total. The van der Waals surface area contributed by atoms with Crippen molar-refractivity contribution < 1.29 is 14.3 Å². The van der Waals surface area contributed by atoms with Crippen LogP contribution in [0.2, 0.25) is 0 Å². The third-order valence-electron chi connectivity index (χ3n) is 4.50. The Bertz CT molecular complexity index is 836. The zero-order valence-corrected chi connectivity index (χ0v) is 17.6. The van der Waals surface area contributed by atoms with E-state index >= 15 is 0 Å². The Hall–Kier alpha value is -2.82. The average molecular weight is 383 g/mol. The van der Waals surface area contributed by atoms with Crippen molar-refractivity contribution in [2.45, 2.75) is 53.1 Å². The summed E-state index contributed by atoms with van der Waals surface area (Å²) in [7, 11) is 0. The van der Waals surface area contributed by atoms with Crippen LogP contribution in [0.25, 0.3) is 0 Å². The van der Waals surface area contributed by atoms with E-state index in [0.717, 1.165) is 5.56 Å². The topological polar surface area (TPSA) is 67.4 Å². The quantitative estimate of drug-likeness (QED) is 0.776. The second-order valence-corrected chi connectivity index (χ2v) is 7.91. The van der Waals surface area contributed by atoms with Crippen LogP contribution in [0, 0.1) is 6.92 Å². The predicted molar refractivity (Wildman–Crippen MR) is 113 cm³/mol. The SMILES string of the molecule is CCNC(=O)c1ccc(C)c(NC(=O)C(C)Oc2ccc(C(C)(C)C)cc2)c1. The molecule has 28 heavy (non-hydrogen) atoms. The Morgan fingerprint density at radius 1 is 1.07 bits per heavy atom. The molecular weight excluding hydrogens is 352 g/mol. The van der Waals surface area contributed by atoms with Crippen molar-refractivity contribution >= 4 is 17.5 Å². The Morgan fingerprint density at radius 2 is 1.71 bits per heavy atom. The lowest BCUT2D eigenvalue weighted by atomic mass is 9.87. The van der Waals surface area contributed by atoms with Gasteiger partial charge in [0, 0.05) is 17.8 Å². The third-order valence-corrected chi connectivity index (χ3v) is 4.50. The van der Waals surface area contributed by atoms with Crippen LogP contribution >= 0.6 is 0 Å². The lowest BCUT2D eigenvalue weighted by Crippen LogP contribution is -2.30. The summed E-state index contributed by atoms with van der Waals surface area (Å²) in [5.41, 5.74) is 3.26. The van der Waals surface area contributed by atoms with E-state index in [9.17, 15) is 9.59 Å². The molecule has 0 aromatic heterocycles. The molecule has 0 saturated heterocycles. The van der Waals surface area contributed by atoms with Crippen molar-refractivity contribution in [3.05, 3.63) is 59.2 Å². The van der Waals surface area contributed by atoms with E-state index in [1.54, 1.807) is 19.1 Å². The van der Waals surface area contributed by atoms with Crippen molar-refractivity contribution in [1.29, 1.82) is 0 Å². The molecule has 0 aliphatic heterocycles. The molecule has 0 aliphatic carbocycles. The highest BCUT2D eigenvalue weighted by Gasteiger charge is 2.18. The maximum absolute atomic E-state index is 12.6. The van der Waals surface area contributed by atoms with Gasteiger partial charge in [0.25, 0.3) is 11.8 Å². The monoisotopic (exact) mass is 382 g/mol.